The van der Waals surface area contributed by atoms with E-state index in [4.69, 9.17) is 23.2 Å². The van der Waals surface area contributed by atoms with E-state index in [-0.39, 0.29) is 11.8 Å². The summed E-state index contributed by atoms with van der Waals surface area (Å²) in [6.45, 7) is 0. The molecule has 0 aliphatic rings. The summed E-state index contributed by atoms with van der Waals surface area (Å²) in [5, 5.41) is 4.32. The summed E-state index contributed by atoms with van der Waals surface area (Å²) in [6.07, 6.45) is 0. The van der Waals surface area contributed by atoms with Crippen LogP contribution < -0.4 is 5.32 Å². The third kappa shape index (κ3) is 2.69. The summed E-state index contributed by atoms with van der Waals surface area (Å²) in [5.74, 6) is -0.255. The molecule has 1 aromatic heterocycles. The van der Waals surface area contributed by atoms with Crippen LogP contribution in [0, 0.1) is 0 Å². The highest BCUT2D eigenvalue weighted by Crippen LogP contribution is 2.23. The van der Waals surface area contributed by atoms with Gasteiger partial charge < -0.3 is 5.32 Å². The lowest BCUT2D eigenvalue weighted by Crippen LogP contribution is -2.11. The van der Waals surface area contributed by atoms with Gasteiger partial charge in [-0.3, -0.25) is 4.79 Å². The molecule has 5 heteroatoms. The Bertz CT molecular complexity index is 261. The minimum absolute atomic E-state index is 0.0343. The van der Waals surface area contributed by atoms with Crippen LogP contribution in [0.5, 0.6) is 0 Å². The third-order valence-electron chi connectivity index (χ3n) is 0.973. The van der Waals surface area contributed by atoms with E-state index in [1.54, 1.807) is 11.4 Å². The molecule has 1 amide bonds. The maximum atomic E-state index is 10.7. The molecular formula is C6H5Cl2NOS. The summed E-state index contributed by atoms with van der Waals surface area (Å²) in [4.78, 5) is 10.7. The Balaban J connectivity index is 2.57. The molecule has 1 rings (SSSR count). The van der Waals surface area contributed by atoms with Gasteiger partial charge in [-0.25, -0.2) is 0 Å². The van der Waals surface area contributed by atoms with Crippen molar-refractivity contribution in [3.05, 3.63) is 15.8 Å². The van der Waals surface area contributed by atoms with Gasteiger partial charge in [0, 0.05) is 5.38 Å². The molecule has 0 aromatic carbocycles. The number of carbonyl (C=O) groups is 1. The van der Waals surface area contributed by atoms with E-state index < -0.39 is 0 Å². The van der Waals surface area contributed by atoms with Gasteiger partial charge in [-0.15, -0.1) is 22.9 Å². The smallest absolute Gasteiger partial charge is 0.239 e. The van der Waals surface area contributed by atoms with Gasteiger partial charge in [-0.2, -0.15) is 0 Å². The Morgan fingerprint density at radius 1 is 1.73 bits per heavy atom. The minimum atomic E-state index is -0.221. The van der Waals surface area contributed by atoms with E-state index in [9.17, 15) is 4.79 Å². The van der Waals surface area contributed by atoms with E-state index in [1.165, 1.54) is 11.3 Å². The fraction of sp³-hybridized carbons (Fsp3) is 0.167. The summed E-state index contributed by atoms with van der Waals surface area (Å²) >= 11 is 12.3. The SMILES string of the molecule is O=C(CCl)Nc1csc(Cl)c1. The number of hydrogen-bond donors (Lipinski definition) is 1. The second-order valence-electron chi connectivity index (χ2n) is 1.82. The molecule has 1 aromatic rings. The van der Waals surface area contributed by atoms with Gasteiger partial charge in [0.1, 0.15) is 5.88 Å². The molecule has 0 saturated carbocycles. The number of anilines is 1. The van der Waals surface area contributed by atoms with Crippen LogP contribution in [0.4, 0.5) is 5.69 Å². The van der Waals surface area contributed by atoms with Crippen molar-refractivity contribution in [2.75, 3.05) is 11.2 Å². The van der Waals surface area contributed by atoms with Crippen LogP contribution in [0.3, 0.4) is 0 Å². The maximum absolute atomic E-state index is 10.7. The number of thiophene rings is 1. The van der Waals surface area contributed by atoms with Crippen LogP contribution in [0.15, 0.2) is 11.4 Å². The zero-order valence-corrected chi connectivity index (χ0v) is 7.76. The summed E-state index contributed by atoms with van der Waals surface area (Å²) in [5.41, 5.74) is 0.700. The van der Waals surface area contributed by atoms with Crippen molar-refractivity contribution in [1.29, 1.82) is 0 Å². The number of alkyl halides is 1. The zero-order valence-electron chi connectivity index (χ0n) is 5.43. The molecule has 11 heavy (non-hydrogen) atoms. The van der Waals surface area contributed by atoms with Gasteiger partial charge >= 0.3 is 0 Å². The lowest BCUT2D eigenvalue weighted by Gasteiger charge is -1.95. The fourth-order valence-corrected chi connectivity index (χ4v) is 1.45. The predicted molar refractivity (Wildman–Crippen MR) is 48.7 cm³/mol. The van der Waals surface area contributed by atoms with E-state index in [1.807, 2.05) is 0 Å². The maximum Gasteiger partial charge on any atom is 0.239 e. The van der Waals surface area contributed by atoms with Crippen LogP contribution >= 0.6 is 34.5 Å². The van der Waals surface area contributed by atoms with E-state index in [2.05, 4.69) is 5.32 Å². The molecule has 0 bridgehead atoms. The van der Waals surface area contributed by atoms with Crippen LogP contribution in [0.2, 0.25) is 4.34 Å². The second kappa shape index (κ2) is 3.95. The Kier molecular flexibility index (Phi) is 3.17. The zero-order chi connectivity index (χ0) is 8.27. The molecule has 0 fully saturated rings. The van der Waals surface area contributed by atoms with E-state index >= 15 is 0 Å². The molecule has 1 N–H and O–H groups in total. The van der Waals surface area contributed by atoms with Crippen molar-refractivity contribution in [2.24, 2.45) is 0 Å². The number of rotatable bonds is 2. The molecule has 1 heterocycles. The molecule has 60 valence electrons. The van der Waals surface area contributed by atoms with Crippen molar-refractivity contribution in [3.8, 4) is 0 Å². The molecule has 0 atom stereocenters. The van der Waals surface area contributed by atoms with Gasteiger partial charge in [0.15, 0.2) is 0 Å². The number of nitrogens with one attached hydrogen (secondary N) is 1. The highest BCUT2D eigenvalue weighted by molar-refractivity contribution is 7.14. The second-order valence-corrected chi connectivity index (χ2v) is 3.63. The van der Waals surface area contributed by atoms with E-state index in [0.717, 1.165) is 0 Å². The number of hydrogen-bond acceptors (Lipinski definition) is 2. The average Bonchev–Trinajstić information content (AvgIpc) is 2.35. The number of carbonyl (C=O) groups excluding carboxylic acids is 1. The summed E-state index contributed by atoms with van der Waals surface area (Å²) < 4.78 is 0.648. The largest absolute Gasteiger partial charge is 0.324 e. The normalized spacial score (nSPS) is 9.64. The minimum Gasteiger partial charge on any atom is -0.324 e. The molecule has 2 nitrogen and oxygen atoms in total. The molecule has 0 spiro atoms. The summed E-state index contributed by atoms with van der Waals surface area (Å²) in [7, 11) is 0. The van der Waals surface area contributed by atoms with Crippen molar-refractivity contribution in [1.82, 2.24) is 0 Å². The highest BCUT2D eigenvalue weighted by Gasteiger charge is 2.01. The lowest BCUT2D eigenvalue weighted by atomic mass is 10.5. The van der Waals surface area contributed by atoms with Crippen LogP contribution in [-0.4, -0.2) is 11.8 Å². The summed E-state index contributed by atoms with van der Waals surface area (Å²) in [6, 6.07) is 1.68. The molecular weight excluding hydrogens is 205 g/mol. The van der Waals surface area contributed by atoms with Gasteiger partial charge in [-0.1, -0.05) is 11.6 Å². The Morgan fingerprint density at radius 2 is 2.45 bits per heavy atom. The van der Waals surface area contributed by atoms with Crippen LogP contribution in [-0.2, 0) is 4.79 Å². The van der Waals surface area contributed by atoms with Crippen molar-refractivity contribution >= 4 is 46.1 Å². The third-order valence-corrected chi connectivity index (χ3v) is 2.31. The molecule has 0 aliphatic heterocycles. The van der Waals surface area contributed by atoms with Crippen LogP contribution in [0.1, 0.15) is 0 Å². The first kappa shape index (κ1) is 8.84. The number of amides is 1. The molecule has 0 saturated heterocycles. The molecule has 0 unspecified atom stereocenters. The first-order chi connectivity index (χ1) is 5.22. The quantitative estimate of drug-likeness (QED) is 0.746. The monoisotopic (exact) mass is 209 g/mol. The predicted octanol–water partition coefficient (Wildman–Crippen LogP) is 2.58. The number of halogens is 2. The Hall–Kier alpha value is -0.250. The first-order valence-corrected chi connectivity index (χ1v) is 4.61. The lowest BCUT2D eigenvalue weighted by molar-refractivity contribution is -0.113. The molecule has 0 radical (unpaired) electrons. The van der Waals surface area contributed by atoms with E-state index in [0.29, 0.717) is 10.0 Å². The fourth-order valence-electron chi connectivity index (χ4n) is 0.570. The average molecular weight is 210 g/mol. The Labute approximate surface area is 78.1 Å². The topological polar surface area (TPSA) is 29.1 Å². The van der Waals surface area contributed by atoms with Gasteiger partial charge in [0.25, 0.3) is 0 Å². The Morgan fingerprint density at radius 3 is 2.91 bits per heavy atom. The standard InChI is InChI=1S/C6H5Cl2NOS/c7-2-6(10)9-4-1-5(8)11-3-4/h1,3H,2H2,(H,9,10). The van der Waals surface area contributed by atoms with Crippen molar-refractivity contribution in [3.63, 3.8) is 0 Å². The van der Waals surface area contributed by atoms with Gasteiger partial charge in [0.05, 0.1) is 10.0 Å². The van der Waals surface area contributed by atoms with Gasteiger partial charge in [0.2, 0.25) is 5.91 Å². The van der Waals surface area contributed by atoms with Crippen molar-refractivity contribution < 1.29 is 4.79 Å². The van der Waals surface area contributed by atoms with Crippen LogP contribution in [0.25, 0.3) is 0 Å². The highest BCUT2D eigenvalue weighted by atomic mass is 35.5. The first-order valence-electron chi connectivity index (χ1n) is 2.82. The van der Waals surface area contributed by atoms with Gasteiger partial charge in [-0.05, 0) is 6.07 Å². The van der Waals surface area contributed by atoms with Crippen molar-refractivity contribution in [2.45, 2.75) is 0 Å². The molecule has 0 aliphatic carbocycles.